The average Bonchev–Trinajstić information content (AvgIpc) is 2.97. The van der Waals surface area contributed by atoms with Crippen LogP contribution < -0.4 is 10.1 Å². The lowest BCUT2D eigenvalue weighted by Crippen LogP contribution is -2.24. The Morgan fingerprint density at radius 2 is 1.96 bits per heavy atom. The lowest BCUT2D eigenvalue weighted by molar-refractivity contribution is 0.305. The normalized spacial score (nSPS) is 12.1. The number of aryl methyl sites for hydroxylation is 1. The Morgan fingerprint density at radius 1 is 1.16 bits per heavy atom. The molecule has 1 unspecified atom stereocenters. The zero-order valence-corrected chi connectivity index (χ0v) is 15.2. The summed E-state index contributed by atoms with van der Waals surface area (Å²) in [5.41, 5.74) is 3.19. The van der Waals surface area contributed by atoms with E-state index in [2.05, 4.69) is 41.6 Å². The molecule has 0 saturated carbocycles. The molecule has 130 valence electrons. The third kappa shape index (κ3) is 4.21. The zero-order chi connectivity index (χ0) is 17.6. The second kappa shape index (κ2) is 8.19. The number of nitrogens with zero attached hydrogens (tertiary/aromatic N) is 2. The van der Waals surface area contributed by atoms with Crippen molar-refractivity contribution in [3.8, 4) is 5.75 Å². The fourth-order valence-corrected chi connectivity index (χ4v) is 3.12. The number of hydrogen-bond donors (Lipinski definition) is 1. The smallest absolute Gasteiger partial charge is 0.120 e. The van der Waals surface area contributed by atoms with Crippen LogP contribution in [0.15, 0.2) is 60.8 Å². The van der Waals surface area contributed by atoms with Crippen molar-refractivity contribution in [3.63, 3.8) is 0 Å². The van der Waals surface area contributed by atoms with Gasteiger partial charge in [0.1, 0.15) is 12.4 Å². The maximum Gasteiger partial charge on any atom is 0.120 e. The number of rotatable bonds is 7. The van der Waals surface area contributed by atoms with Gasteiger partial charge in [0.15, 0.2) is 0 Å². The first kappa shape index (κ1) is 17.5. The maximum atomic E-state index is 6.35. The van der Waals surface area contributed by atoms with Gasteiger partial charge in [-0.15, -0.1) is 0 Å². The molecule has 0 amide bonds. The monoisotopic (exact) mass is 355 g/mol. The molecule has 0 aliphatic carbocycles. The molecule has 2 aromatic carbocycles. The van der Waals surface area contributed by atoms with Crippen molar-refractivity contribution in [2.75, 3.05) is 6.54 Å². The molecule has 1 atom stereocenters. The molecule has 0 aliphatic heterocycles. The van der Waals surface area contributed by atoms with Crippen LogP contribution in [0.1, 0.15) is 29.8 Å². The van der Waals surface area contributed by atoms with Crippen LogP contribution in [0, 0.1) is 0 Å². The number of halogens is 1. The van der Waals surface area contributed by atoms with E-state index in [-0.39, 0.29) is 6.04 Å². The van der Waals surface area contributed by atoms with Crippen molar-refractivity contribution in [2.24, 2.45) is 7.05 Å². The van der Waals surface area contributed by atoms with Gasteiger partial charge in [-0.2, -0.15) is 5.10 Å². The van der Waals surface area contributed by atoms with Gasteiger partial charge in [-0.05, 0) is 29.8 Å². The summed E-state index contributed by atoms with van der Waals surface area (Å²) in [5, 5.41) is 8.40. The average molecular weight is 356 g/mol. The molecule has 25 heavy (non-hydrogen) atoms. The molecule has 0 fully saturated rings. The van der Waals surface area contributed by atoms with Crippen molar-refractivity contribution in [1.82, 2.24) is 15.1 Å². The fourth-order valence-electron chi connectivity index (χ4n) is 2.85. The van der Waals surface area contributed by atoms with Gasteiger partial charge >= 0.3 is 0 Å². The lowest BCUT2D eigenvalue weighted by atomic mass is 10.0. The quantitative estimate of drug-likeness (QED) is 0.684. The Hall–Kier alpha value is -2.30. The van der Waals surface area contributed by atoms with Crippen molar-refractivity contribution in [1.29, 1.82) is 0 Å². The Bertz CT molecular complexity index is 797. The number of hydrogen-bond acceptors (Lipinski definition) is 3. The number of aromatic nitrogens is 2. The number of nitrogens with one attached hydrogen (secondary N) is 1. The van der Waals surface area contributed by atoms with Gasteiger partial charge in [-0.1, -0.05) is 61.0 Å². The molecule has 1 heterocycles. The van der Waals surface area contributed by atoms with E-state index in [9.17, 15) is 0 Å². The van der Waals surface area contributed by atoms with Gasteiger partial charge in [-0.3, -0.25) is 4.68 Å². The Kier molecular flexibility index (Phi) is 5.74. The number of ether oxygens (including phenoxy) is 1. The first-order valence-corrected chi connectivity index (χ1v) is 8.74. The molecule has 5 heteroatoms. The van der Waals surface area contributed by atoms with Crippen molar-refractivity contribution in [3.05, 3.63) is 82.6 Å². The highest BCUT2D eigenvalue weighted by Crippen LogP contribution is 2.29. The standard InChI is InChI=1S/C20H22ClN3O/c1-3-22-19(20-18(21)13-23-24(20)2)16-10-7-11-17(12-16)25-14-15-8-5-4-6-9-15/h4-13,19,22H,3,14H2,1-2H3. The zero-order valence-electron chi connectivity index (χ0n) is 14.4. The van der Waals surface area contributed by atoms with Crippen LogP contribution in [0.2, 0.25) is 5.02 Å². The summed E-state index contributed by atoms with van der Waals surface area (Å²) in [7, 11) is 1.90. The highest BCUT2D eigenvalue weighted by atomic mass is 35.5. The minimum Gasteiger partial charge on any atom is -0.489 e. The van der Waals surface area contributed by atoms with E-state index in [1.165, 1.54) is 0 Å². The van der Waals surface area contributed by atoms with E-state index in [4.69, 9.17) is 16.3 Å². The minimum absolute atomic E-state index is 0.0368. The summed E-state index contributed by atoms with van der Waals surface area (Å²) in [6, 6.07) is 18.2. The molecule has 0 bridgehead atoms. The van der Waals surface area contributed by atoms with E-state index >= 15 is 0 Å². The van der Waals surface area contributed by atoms with Crippen LogP contribution in [0.25, 0.3) is 0 Å². The lowest BCUT2D eigenvalue weighted by Gasteiger charge is -2.20. The van der Waals surface area contributed by atoms with Crippen molar-refractivity contribution in [2.45, 2.75) is 19.6 Å². The van der Waals surface area contributed by atoms with E-state index in [0.717, 1.165) is 29.1 Å². The molecule has 0 spiro atoms. The second-order valence-electron chi connectivity index (χ2n) is 5.84. The van der Waals surface area contributed by atoms with Crippen LogP contribution in [-0.4, -0.2) is 16.3 Å². The van der Waals surface area contributed by atoms with Crippen LogP contribution in [0.4, 0.5) is 0 Å². The Morgan fingerprint density at radius 3 is 2.64 bits per heavy atom. The molecule has 3 rings (SSSR count). The van der Waals surface area contributed by atoms with Crippen molar-refractivity contribution < 1.29 is 4.74 Å². The number of benzene rings is 2. The Labute approximate surface area is 153 Å². The summed E-state index contributed by atoms with van der Waals surface area (Å²) in [6.45, 7) is 3.44. The van der Waals surface area contributed by atoms with E-state index < -0.39 is 0 Å². The molecule has 1 aromatic heterocycles. The Balaban J connectivity index is 1.83. The van der Waals surface area contributed by atoms with Crippen LogP contribution in [-0.2, 0) is 13.7 Å². The summed E-state index contributed by atoms with van der Waals surface area (Å²) in [5.74, 6) is 0.836. The SMILES string of the molecule is CCNC(c1cccc(OCc2ccccc2)c1)c1c(Cl)cnn1C. The highest BCUT2D eigenvalue weighted by molar-refractivity contribution is 6.31. The summed E-state index contributed by atoms with van der Waals surface area (Å²) < 4.78 is 7.77. The first-order chi connectivity index (χ1) is 12.2. The molecular formula is C20H22ClN3O. The van der Waals surface area contributed by atoms with E-state index in [1.54, 1.807) is 6.20 Å². The predicted molar refractivity (Wildman–Crippen MR) is 101 cm³/mol. The first-order valence-electron chi connectivity index (χ1n) is 8.36. The minimum atomic E-state index is -0.0368. The molecule has 0 aliphatic rings. The summed E-state index contributed by atoms with van der Waals surface area (Å²) in [6.07, 6.45) is 1.68. The van der Waals surface area contributed by atoms with Crippen LogP contribution >= 0.6 is 11.6 Å². The van der Waals surface area contributed by atoms with Gasteiger partial charge in [0.05, 0.1) is 23.0 Å². The molecule has 3 aromatic rings. The highest BCUT2D eigenvalue weighted by Gasteiger charge is 2.20. The van der Waals surface area contributed by atoms with E-state index in [1.807, 2.05) is 42.1 Å². The predicted octanol–water partition coefficient (Wildman–Crippen LogP) is 4.35. The molecule has 4 nitrogen and oxygen atoms in total. The van der Waals surface area contributed by atoms with Gasteiger partial charge in [-0.25, -0.2) is 0 Å². The molecular weight excluding hydrogens is 334 g/mol. The van der Waals surface area contributed by atoms with Gasteiger partial charge in [0.2, 0.25) is 0 Å². The third-order valence-corrected chi connectivity index (χ3v) is 4.35. The fraction of sp³-hybridized carbons (Fsp3) is 0.250. The van der Waals surface area contributed by atoms with Crippen LogP contribution in [0.5, 0.6) is 5.75 Å². The third-order valence-electron chi connectivity index (χ3n) is 4.06. The molecule has 0 saturated heterocycles. The van der Waals surface area contributed by atoms with Gasteiger partial charge in [0, 0.05) is 7.05 Å². The summed E-state index contributed by atoms with van der Waals surface area (Å²) in [4.78, 5) is 0. The van der Waals surface area contributed by atoms with E-state index in [0.29, 0.717) is 11.6 Å². The maximum absolute atomic E-state index is 6.35. The van der Waals surface area contributed by atoms with Crippen molar-refractivity contribution >= 4 is 11.6 Å². The topological polar surface area (TPSA) is 39.1 Å². The molecule has 1 N–H and O–H groups in total. The van der Waals surface area contributed by atoms with Crippen LogP contribution in [0.3, 0.4) is 0 Å². The molecule has 0 radical (unpaired) electrons. The second-order valence-corrected chi connectivity index (χ2v) is 6.25. The summed E-state index contributed by atoms with van der Waals surface area (Å²) >= 11 is 6.35. The van der Waals surface area contributed by atoms with Gasteiger partial charge < -0.3 is 10.1 Å². The largest absolute Gasteiger partial charge is 0.489 e. The van der Waals surface area contributed by atoms with Gasteiger partial charge in [0.25, 0.3) is 0 Å².